The second-order valence-corrected chi connectivity index (χ2v) is 6.64. The summed E-state index contributed by atoms with van der Waals surface area (Å²) in [7, 11) is -1.88. The van der Waals surface area contributed by atoms with Gasteiger partial charge in [-0.2, -0.15) is 0 Å². The molecule has 0 saturated carbocycles. The largest absolute Gasteiger partial charge is 0.312 e. The minimum Gasteiger partial charge on any atom is -0.312 e. The lowest BCUT2D eigenvalue weighted by Gasteiger charge is -2.06. The number of benzene rings is 1. The normalized spacial score (nSPS) is 11.5. The molecule has 0 aliphatic heterocycles. The van der Waals surface area contributed by atoms with E-state index in [1.165, 1.54) is 13.1 Å². The fourth-order valence-electron chi connectivity index (χ4n) is 1.35. The maximum Gasteiger partial charge on any atom is 0.283 e. The number of halogens is 1. The Morgan fingerprint density at radius 3 is 2.68 bits per heavy atom. The molecule has 2 N–H and O–H groups in total. The Bertz CT molecular complexity index is 562. The molecule has 0 fully saturated rings. The summed E-state index contributed by atoms with van der Waals surface area (Å²) in [6.45, 7) is 0.639. The first-order valence-electron chi connectivity index (χ1n) is 5.40. The van der Waals surface area contributed by atoms with Crippen LogP contribution in [0.1, 0.15) is 5.56 Å². The Balaban J connectivity index is 2.55. The lowest BCUT2D eigenvalue weighted by molar-refractivity contribution is -0.385. The monoisotopic (exact) mass is 351 g/mol. The van der Waals surface area contributed by atoms with Gasteiger partial charge >= 0.3 is 0 Å². The van der Waals surface area contributed by atoms with E-state index >= 15 is 0 Å². The molecule has 0 unspecified atom stereocenters. The average molecular weight is 352 g/mol. The summed E-state index contributed by atoms with van der Waals surface area (Å²) in [4.78, 5) is 10.3. The van der Waals surface area contributed by atoms with Crippen LogP contribution < -0.4 is 10.0 Å². The number of nitrogens with zero attached hydrogens (tertiary/aromatic N) is 1. The molecular weight excluding hydrogens is 338 g/mol. The number of nitro groups is 1. The van der Waals surface area contributed by atoms with Crippen LogP contribution in [-0.4, -0.2) is 32.7 Å². The maximum atomic E-state index is 11.2. The molecule has 1 aromatic carbocycles. The molecule has 0 aromatic heterocycles. The van der Waals surface area contributed by atoms with Crippen LogP contribution in [0.3, 0.4) is 0 Å². The summed E-state index contributed by atoms with van der Waals surface area (Å²) in [5.41, 5.74) is 0.707. The topological polar surface area (TPSA) is 101 Å². The third kappa shape index (κ3) is 5.23. The highest BCUT2D eigenvalue weighted by Gasteiger charge is 2.12. The van der Waals surface area contributed by atoms with Gasteiger partial charge in [-0.05, 0) is 34.6 Å². The molecule has 0 aliphatic carbocycles. The molecule has 1 aromatic rings. The van der Waals surface area contributed by atoms with E-state index < -0.39 is 14.9 Å². The van der Waals surface area contributed by atoms with E-state index in [4.69, 9.17) is 0 Å². The lowest BCUT2D eigenvalue weighted by Crippen LogP contribution is -2.29. The van der Waals surface area contributed by atoms with Gasteiger partial charge in [-0.25, -0.2) is 13.1 Å². The van der Waals surface area contributed by atoms with Crippen LogP contribution >= 0.6 is 15.9 Å². The van der Waals surface area contributed by atoms with Crippen LogP contribution in [-0.2, 0) is 16.6 Å². The van der Waals surface area contributed by atoms with E-state index in [0.29, 0.717) is 11.0 Å². The molecule has 0 spiro atoms. The summed E-state index contributed by atoms with van der Waals surface area (Å²) in [6, 6.07) is 4.78. The molecule has 0 bridgehead atoms. The van der Waals surface area contributed by atoms with Gasteiger partial charge in [-0.1, -0.05) is 6.07 Å². The number of hydrogen-bond acceptors (Lipinski definition) is 5. The van der Waals surface area contributed by atoms with Crippen LogP contribution in [0.4, 0.5) is 5.69 Å². The van der Waals surface area contributed by atoms with E-state index in [-0.39, 0.29) is 18.0 Å². The predicted molar refractivity (Wildman–Crippen MR) is 75.3 cm³/mol. The van der Waals surface area contributed by atoms with Gasteiger partial charge in [0.2, 0.25) is 10.0 Å². The van der Waals surface area contributed by atoms with Gasteiger partial charge in [0, 0.05) is 19.2 Å². The SMILES string of the molecule is CNS(=O)(=O)CCNCc1ccc(Br)c([N+](=O)[O-])c1. The molecule has 9 heteroatoms. The molecule has 106 valence electrons. The number of rotatable bonds is 7. The van der Waals surface area contributed by atoms with Crippen LogP contribution in [0.15, 0.2) is 22.7 Å². The van der Waals surface area contributed by atoms with Crippen molar-refractivity contribution in [1.29, 1.82) is 0 Å². The zero-order chi connectivity index (χ0) is 14.5. The molecule has 0 atom stereocenters. The number of nitro benzene ring substituents is 1. The highest BCUT2D eigenvalue weighted by Crippen LogP contribution is 2.25. The lowest BCUT2D eigenvalue weighted by atomic mass is 10.2. The summed E-state index contributed by atoms with van der Waals surface area (Å²) < 4.78 is 24.9. The summed E-state index contributed by atoms with van der Waals surface area (Å²) in [5.74, 6) is -0.0396. The van der Waals surface area contributed by atoms with E-state index in [2.05, 4.69) is 26.0 Å². The standard InChI is InChI=1S/C10H14BrN3O4S/c1-12-19(17,18)5-4-13-7-8-2-3-9(11)10(6-8)14(15)16/h2-3,6,12-13H,4-5,7H2,1H3. The highest BCUT2D eigenvalue weighted by molar-refractivity contribution is 9.10. The minimum atomic E-state index is -3.23. The van der Waals surface area contributed by atoms with Crippen LogP contribution in [0.25, 0.3) is 0 Å². The van der Waals surface area contributed by atoms with E-state index in [0.717, 1.165) is 5.56 Å². The Kier molecular flexibility index (Phi) is 5.85. The maximum absolute atomic E-state index is 11.2. The Labute approximate surface area is 119 Å². The van der Waals surface area contributed by atoms with Gasteiger partial charge < -0.3 is 5.32 Å². The Hall–Kier alpha value is -1.03. The van der Waals surface area contributed by atoms with Crippen molar-refractivity contribution in [3.8, 4) is 0 Å². The van der Waals surface area contributed by atoms with Crippen molar-refractivity contribution in [1.82, 2.24) is 10.0 Å². The molecule has 1 rings (SSSR count). The van der Waals surface area contributed by atoms with Gasteiger partial charge in [-0.15, -0.1) is 0 Å². The van der Waals surface area contributed by atoms with E-state index in [1.54, 1.807) is 12.1 Å². The number of sulfonamides is 1. The fourth-order valence-corrected chi connectivity index (χ4v) is 2.36. The summed E-state index contributed by atoms with van der Waals surface area (Å²) >= 11 is 3.10. The smallest absolute Gasteiger partial charge is 0.283 e. The zero-order valence-corrected chi connectivity index (χ0v) is 12.6. The van der Waals surface area contributed by atoms with Crippen LogP contribution in [0, 0.1) is 10.1 Å². The summed E-state index contributed by atoms with van der Waals surface area (Å²) in [6.07, 6.45) is 0. The van der Waals surface area contributed by atoms with Crippen molar-refractivity contribution in [2.75, 3.05) is 19.3 Å². The zero-order valence-electron chi connectivity index (χ0n) is 10.2. The Morgan fingerprint density at radius 1 is 1.42 bits per heavy atom. The second kappa shape index (κ2) is 6.94. The third-order valence-electron chi connectivity index (χ3n) is 2.39. The number of hydrogen-bond donors (Lipinski definition) is 2. The van der Waals surface area contributed by atoms with Gasteiger partial charge in [-0.3, -0.25) is 10.1 Å². The molecule has 0 heterocycles. The van der Waals surface area contributed by atoms with E-state index in [9.17, 15) is 18.5 Å². The average Bonchev–Trinajstić information content (AvgIpc) is 2.36. The van der Waals surface area contributed by atoms with Crippen molar-refractivity contribution in [2.24, 2.45) is 0 Å². The second-order valence-electron chi connectivity index (χ2n) is 3.74. The van der Waals surface area contributed by atoms with Crippen molar-refractivity contribution < 1.29 is 13.3 Å². The van der Waals surface area contributed by atoms with Gasteiger partial charge in [0.15, 0.2) is 0 Å². The molecule has 19 heavy (non-hydrogen) atoms. The van der Waals surface area contributed by atoms with Crippen LogP contribution in [0.2, 0.25) is 0 Å². The van der Waals surface area contributed by atoms with Gasteiger partial charge in [0.05, 0.1) is 15.1 Å². The van der Waals surface area contributed by atoms with Crippen LogP contribution in [0.5, 0.6) is 0 Å². The molecule has 0 aliphatic rings. The quantitative estimate of drug-likeness (QED) is 0.433. The third-order valence-corrected chi connectivity index (χ3v) is 4.43. The highest BCUT2D eigenvalue weighted by atomic mass is 79.9. The molecule has 0 radical (unpaired) electrons. The van der Waals surface area contributed by atoms with Crippen molar-refractivity contribution in [3.63, 3.8) is 0 Å². The van der Waals surface area contributed by atoms with Crippen molar-refractivity contribution in [2.45, 2.75) is 6.54 Å². The van der Waals surface area contributed by atoms with Crippen molar-refractivity contribution in [3.05, 3.63) is 38.3 Å². The minimum absolute atomic E-state index is 0.0119. The van der Waals surface area contributed by atoms with Crippen molar-refractivity contribution >= 4 is 31.6 Å². The molecule has 0 saturated heterocycles. The fraction of sp³-hybridized carbons (Fsp3) is 0.400. The number of nitrogens with one attached hydrogen (secondary N) is 2. The first-order chi connectivity index (χ1) is 8.85. The predicted octanol–water partition coefficient (Wildman–Crippen LogP) is 0.996. The first kappa shape index (κ1) is 16.0. The van der Waals surface area contributed by atoms with Gasteiger partial charge in [0.25, 0.3) is 5.69 Å². The molecule has 7 nitrogen and oxygen atoms in total. The van der Waals surface area contributed by atoms with Gasteiger partial charge in [0.1, 0.15) is 0 Å². The first-order valence-corrected chi connectivity index (χ1v) is 7.85. The molecule has 0 amide bonds. The summed E-state index contributed by atoms with van der Waals surface area (Å²) in [5, 5.41) is 13.7. The molecular formula is C10H14BrN3O4S. The van der Waals surface area contributed by atoms with E-state index in [1.807, 2.05) is 0 Å². The Morgan fingerprint density at radius 2 is 2.11 bits per heavy atom.